The van der Waals surface area contributed by atoms with Gasteiger partial charge in [-0.2, -0.15) is 0 Å². The fourth-order valence-corrected chi connectivity index (χ4v) is 2.59. The van der Waals surface area contributed by atoms with Gasteiger partial charge in [-0.1, -0.05) is 25.1 Å². The van der Waals surface area contributed by atoms with Crippen molar-refractivity contribution >= 4 is 23.4 Å². The van der Waals surface area contributed by atoms with E-state index in [1.165, 1.54) is 0 Å². The van der Waals surface area contributed by atoms with E-state index >= 15 is 0 Å². The number of hydrogen-bond donors (Lipinski definition) is 2. The van der Waals surface area contributed by atoms with Gasteiger partial charge in [-0.3, -0.25) is 19.3 Å². The Kier molecular flexibility index (Phi) is 9.36. The van der Waals surface area contributed by atoms with Crippen LogP contribution in [0, 0.1) is 0 Å². The molecule has 1 aromatic carbocycles. The minimum Gasteiger partial charge on any atom is -0.346 e. The molecule has 1 rings (SSSR count). The number of anilines is 1. The van der Waals surface area contributed by atoms with Crippen LogP contribution >= 0.6 is 0 Å². The Morgan fingerprint density at radius 3 is 2.23 bits per heavy atom. The predicted molar refractivity (Wildman–Crippen MR) is 103 cm³/mol. The van der Waals surface area contributed by atoms with Crippen LogP contribution < -0.4 is 10.6 Å². The third-order valence-corrected chi connectivity index (χ3v) is 4.05. The molecule has 26 heavy (non-hydrogen) atoms. The molecule has 3 amide bonds. The number of benzene rings is 1. The Hall–Kier alpha value is -2.41. The summed E-state index contributed by atoms with van der Waals surface area (Å²) in [5.74, 6) is -0.584. The van der Waals surface area contributed by atoms with Gasteiger partial charge in [0.2, 0.25) is 17.7 Å². The Morgan fingerprint density at radius 1 is 0.962 bits per heavy atom. The zero-order valence-corrected chi connectivity index (χ0v) is 16.2. The molecular weight excluding hydrogens is 332 g/mol. The van der Waals surface area contributed by atoms with Crippen molar-refractivity contribution in [1.82, 2.24) is 15.1 Å². The zero-order chi connectivity index (χ0) is 19.5. The largest absolute Gasteiger partial charge is 0.346 e. The highest BCUT2D eigenvalue weighted by Crippen LogP contribution is 2.14. The van der Waals surface area contributed by atoms with Crippen molar-refractivity contribution in [3.05, 3.63) is 29.8 Å². The molecule has 0 spiro atoms. The maximum absolute atomic E-state index is 12.0. The molecule has 0 aromatic heterocycles. The van der Waals surface area contributed by atoms with Crippen LogP contribution in [0.2, 0.25) is 0 Å². The first-order valence-corrected chi connectivity index (χ1v) is 9.01. The predicted octanol–water partition coefficient (Wildman–Crippen LogP) is 1.10. The number of nitrogens with zero attached hydrogens (tertiary/aromatic N) is 2. The monoisotopic (exact) mass is 362 g/mol. The van der Waals surface area contributed by atoms with Gasteiger partial charge >= 0.3 is 0 Å². The van der Waals surface area contributed by atoms with E-state index in [0.717, 1.165) is 17.7 Å². The van der Waals surface area contributed by atoms with Crippen molar-refractivity contribution in [1.29, 1.82) is 0 Å². The molecule has 0 saturated heterocycles. The van der Waals surface area contributed by atoms with E-state index in [1.807, 2.05) is 45.0 Å². The van der Waals surface area contributed by atoms with E-state index in [4.69, 9.17) is 0 Å². The Morgan fingerprint density at radius 2 is 1.62 bits per heavy atom. The maximum atomic E-state index is 12.0. The first-order valence-electron chi connectivity index (χ1n) is 9.01. The van der Waals surface area contributed by atoms with Crippen molar-refractivity contribution in [2.45, 2.75) is 27.2 Å². The van der Waals surface area contributed by atoms with Crippen LogP contribution in [0.15, 0.2) is 24.3 Å². The number of amides is 3. The molecule has 0 fully saturated rings. The van der Waals surface area contributed by atoms with Gasteiger partial charge in [0.05, 0.1) is 19.6 Å². The third kappa shape index (κ3) is 7.23. The second-order valence-electron chi connectivity index (χ2n) is 6.07. The van der Waals surface area contributed by atoms with E-state index in [-0.39, 0.29) is 37.4 Å². The average molecular weight is 362 g/mol. The lowest BCUT2D eigenvalue weighted by Gasteiger charge is -2.22. The smallest absolute Gasteiger partial charge is 0.243 e. The minimum absolute atomic E-state index is 0.0146. The van der Waals surface area contributed by atoms with Crippen LogP contribution in [-0.2, 0) is 20.8 Å². The van der Waals surface area contributed by atoms with E-state index < -0.39 is 0 Å². The number of carbonyl (C=O) groups is 3. The molecule has 0 saturated carbocycles. The van der Waals surface area contributed by atoms with Gasteiger partial charge in [0.15, 0.2) is 0 Å². The number of hydrogen-bond acceptors (Lipinski definition) is 4. The molecular formula is C19H30N4O3. The summed E-state index contributed by atoms with van der Waals surface area (Å²) >= 11 is 0. The number of para-hydroxylation sites is 1. The highest BCUT2D eigenvalue weighted by Gasteiger charge is 2.15. The Balaban J connectivity index is 2.39. The molecule has 0 aliphatic carbocycles. The van der Waals surface area contributed by atoms with Crippen molar-refractivity contribution in [2.24, 2.45) is 0 Å². The standard InChI is InChI=1S/C19H30N4O3/c1-5-15-10-8-9-11-16(15)21-17(24)12-20-18(25)13-22(4)14-19(26)23(6-2)7-3/h8-11H,5-7,12-14H2,1-4H3,(H,20,25)(H,21,24). The lowest BCUT2D eigenvalue weighted by Crippen LogP contribution is -2.43. The van der Waals surface area contributed by atoms with E-state index in [9.17, 15) is 14.4 Å². The van der Waals surface area contributed by atoms with Crippen LogP contribution in [-0.4, -0.2) is 67.3 Å². The van der Waals surface area contributed by atoms with Crippen LogP contribution in [0.5, 0.6) is 0 Å². The summed E-state index contributed by atoms with van der Waals surface area (Å²) in [7, 11) is 1.71. The molecule has 0 radical (unpaired) electrons. The minimum atomic E-state index is -0.293. The van der Waals surface area contributed by atoms with Gasteiger partial charge < -0.3 is 15.5 Å². The van der Waals surface area contributed by atoms with Gasteiger partial charge in [-0.15, -0.1) is 0 Å². The Bertz CT molecular complexity index is 615. The topological polar surface area (TPSA) is 81.8 Å². The molecule has 0 heterocycles. The summed E-state index contributed by atoms with van der Waals surface area (Å²) in [6, 6.07) is 7.57. The first-order chi connectivity index (χ1) is 12.4. The molecule has 0 aliphatic rings. The number of aryl methyl sites for hydroxylation is 1. The van der Waals surface area contributed by atoms with Crippen LogP contribution in [0.3, 0.4) is 0 Å². The number of likely N-dealkylation sites (N-methyl/N-ethyl adjacent to an activating group) is 2. The van der Waals surface area contributed by atoms with Gasteiger partial charge in [-0.05, 0) is 38.9 Å². The molecule has 0 unspecified atom stereocenters. The normalized spacial score (nSPS) is 10.5. The lowest BCUT2D eigenvalue weighted by atomic mass is 10.1. The van der Waals surface area contributed by atoms with Crippen LogP contribution in [0.25, 0.3) is 0 Å². The SMILES string of the molecule is CCc1ccccc1NC(=O)CNC(=O)CN(C)CC(=O)N(CC)CC. The van der Waals surface area contributed by atoms with Gasteiger partial charge in [0.1, 0.15) is 0 Å². The quantitative estimate of drug-likeness (QED) is 0.653. The summed E-state index contributed by atoms with van der Waals surface area (Å²) in [5, 5.41) is 5.39. The van der Waals surface area contributed by atoms with Gasteiger partial charge in [-0.25, -0.2) is 0 Å². The van der Waals surface area contributed by atoms with E-state index in [2.05, 4.69) is 10.6 Å². The van der Waals surface area contributed by atoms with Crippen molar-refractivity contribution in [3.63, 3.8) is 0 Å². The summed E-state index contributed by atoms with van der Waals surface area (Å²) < 4.78 is 0. The summed E-state index contributed by atoms with van der Waals surface area (Å²) in [6.45, 7) is 7.28. The Labute approximate surface area is 155 Å². The third-order valence-electron chi connectivity index (χ3n) is 4.05. The second-order valence-corrected chi connectivity index (χ2v) is 6.07. The maximum Gasteiger partial charge on any atom is 0.243 e. The summed E-state index contributed by atoms with van der Waals surface area (Å²) in [4.78, 5) is 39.4. The molecule has 0 atom stereocenters. The highest BCUT2D eigenvalue weighted by molar-refractivity contribution is 5.95. The highest BCUT2D eigenvalue weighted by atomic mass is 16.2. The molecule has 2 N–H and O–H groups in total. The molecule has 144 valence electrons. The van der Waals surface area contributed by atoms with E-state index in [1.54, 1.807) is 16.8 Å². The average Bonchev–Trinajstić information content (AvgIpc) is 2.61. The molecule has 0 bridgehead atoms. The fourth-order valence-electron chi connectivity index (χ4n) is 2.59. The second kappa shape index (κ2) is 11.3. The fraction of sp³-hybridized carbons (Fsp3) is 0.526. The molecule has 7 nitrogen and oxygen atoms in total. The molecule has 0 aliphatic heterocycles. The van der Waals surface area contributed by atoms with Crippen molar-refractivity contribution in [3.8, 4) is 0 Å². The molecule has 1 aromatic rings. The first kappa shape index (κ1) is 21.6. The van der Waals surface area contributed by atoms with Crippen molar-refractivity contribution < 1.29 is 14.4 Å². The van der Waals surface area contributed by atoms with E-state index in [0.29, 0.717) is 13.1 Å². The van der Waals surface area contributed by atoms with Crippen LogP contribution in [0.4, 0.5) is 5.69 Å². The number of nitrogens with one attached hydrogen (secondary N) is 2. The summed E-state index contributed by atoms with van der Waals surface area (Å²) in [5.41, 5.74) is 1.80. The number of rotatable bonds is 10. The van der Waals surface area contributed by atoms with Gasteiger partial charge in [0.25, 0.3) is 0 Å². The molecule has 7 heteroatoms. The number of carbonyl (C=O) groups excluding carboxylic acids is 3. The summed E-state index contributed by atoms with van der Waals surface area (Å²) in [6.07, 6.45) is 0.814. The van der Waals surface area contributed by atoms with Crippen LogP contribution in [0.1, 0.15) is 26.3 Å². The lowest BCUT2D eigenvalue weighted by molar-refractivity contribution is -0.132. The zero-order valence-electron chi connectivity index (χ0n) is 16.2. The van der Waals surface area contributed by atoms with Crippen molar-refractivity contribution in [2.75, 3.05) is 45.1 Å². The van der Waals surface area contributed by atoms with Gasteiger partial charge in [0, 0.05) is 18.8 Å².